The van der Waals surface area contributed by atoms with Gasteiger partial charge in [0.1, 0.15) is 19.8 Å². The third-order valence-electron chi connectivity index (χ3n) is 6.62. The molecule has 0 spiro atoms. The van der Waals surface area contributed by atoms with Gasteiger partial charge in [-0.25, -0.2) is 4.79 Å². The third kappa shape index (κ3) is 9.28. The van der Waals surface area contributed by atoms with Crippen molar-refractivity contribution in [3.63, 3.8) is 0 Å². The largest absolute Gasteiger partial charge is 0.461 e. The topological polar surface area (TPSA) is 99.6 Å². The summed E-state index contributed by atoms with van der Waals surface area (Å²) in [6.07, 6.45) is -4.79. The Morgan fingerprint density at radius 1 is 0.886 bits per heavy atom. The van der Waals surface area contributed by atoms with Gasteiger partial charge in [-0.1, -0.05) is 48.5 Å². The van der Waals surface area contributed by atoms with Crippen molar-refractivity contribution in [1.29, 1.82) is 0 Å². The molecule has 1 N–H and O–H groups in total. The molecule has 2 aromatic carbocycles. The number of esters is 1. The summed E-state index contributed by atoms with van der Waals surface area (Å²) in [6.45, 7) is 3.78. The molecule has 1 heterocycles. The van der Waals surface area contributed by atoms with Crippen molar-refractivity contribution >= 4 is 19.2 Å². The molecule has 0 atom stereocenters. The molecule has 1 aromatic heterocycles. The number of hydrogen-bond donors (Lipinski definition) is 1. The fourth-order valence-corrected chi connectivity index (χ4v) is 6.59. The lowest BCUT2D eigenvalue weighted by molar-refractivity contribution is -0.137. The zero-order chi connectivity index (χ0) is 32.3. The van der Waals surface area contributed by atoms with Crippen LogP contribution in [0.2, 0.25) is 0 Å². The van der Waals surface area contributed by atoms with E-state index >= 15 is 0 Å². The number of carbonyl (C=O) groups is 1. The molecule has 9 nitrogen and oxygen atoms in total. The van der Waals surface area contributed by atoms with Crippen LogP contribution in [0.5, 0.6) is 0 Å². The van der Waals surface area contributed by atoms with E-state index in [2.05, 4.69) is 4.98 Å². The fraction of sp³-hybridized carbons (Fsp3) is 0.419. The normalized spacial score (nSPS) is 12.1. The van der Waals surface area contributed by atoms with Crippen LogP contribution in [0.1, 0.15) is 32.9 Å². The monoisotopic (exact) mass is 639 g/mol. The van der Waals surface area contributed by atoms with Crippen LogP contribution in [0.15, 0.2) is 54.6 Å². The Kier molecular flexibility index (Phi) is 13.2. The van der Waals surface area contributed by atoms with Gasteiger partial charge in [0, 0.05) is 27.3 Å². The molecule has 0 unspecified atom stereocenters. The minimum Gasteiger partial charge on any atom is -0.461 e. The Morgan fingerprint density at radius 2 is 1.48 bits per heavy atom. The lowest BCUT2D eigenvalue weighted by Gasteiger charge is -2.24. The number of benzene rings is 2. The number of likely N-dealkylation sites (N-methyl/N-ethyl adjacent to an activating group) is 1. The van der Waals surface area contributed by atoms with Gasteiger partial charge in [0.05, 0.1) is 41.3 Å². The number of rotatable bonds is 16. The number of aryl methyl sites for hydroxylation is 2. The summed E-state index contributed by atoms with van der Waals surface area (Å²) >= 11 is 0. The highest BCUT2D eigenvalue weighted by Gasteiger charge is 2.51. The Hall–Kier alpha value is -2.96. The summed E-state index contributed by atoms with van der Waals surface area (Å²) in [5, 5.41) is -0.153. The molecule has 3 aromatic rings. The first-order valence-electron chi connectivity index (χ1n) is 13.9. The molecule has 0 aliphatic heterocycles. The van der Waals surface area contributed by atoms with E-state index < -0.39 is 25.7 Å². The number of hydrogen-bond acceptors (Lipinski definition) is 9. The zero-order valence-electron chi connectivity index (χ0n) is 25.5. The number of nitrogens with zero attached hydrogens (tertiary/aromatic N) is 2. The third-order valence-corrected chi connectivity index (χ3v) is 8.80. The van der Waals surface area contributed by atoms with Crippen LogP contribution < -0.4 is 5.30 Å². The predicted molar refractivity (Wildman–Crippen MR) is 162 cm³/mol. The van der Waals surface area contributed by atoms with Crippen molar-refractivity contribution in [2.45, 2.75) is 26.6 Å². The van der Waals surface area contributed by atoms with Crippen LogP contribution in [0.25, 0.3) is 11.1 Å². The highest BCUT2D eigenvalue weighted by atomic mass is 31.2. The lowest BCUT2D eigenvalue weighted by Crippen LogP contribution is -2.29. The van der Waals surface area contributed by atoms with Gasteiger partial charge in [0.25, 0.3) is 0 Å². The van der Waals surface area contributed by atoms with Crippen molar-refractivity contribution in [3.05, 3.63) is 82.7 Å². The van der Waals surface area contributed by atoms with Gasteiger partial charge in [-0.3, -0.25) is 9.88 Å². The molecule has 0 amide bonds. The molecular formula is C31H39F3N2O7P+. The number of carbonyl (C=O) groups excluding carboxylic acids is 1. The second kappa shape index (κ2) is 16.4. The summed E-state index contributed by atoms with van der Waals surface area (Å²) in [6, 6.07) is 14.5. The second-order valence-electron chi connectivity index (χ2n) is 9.96. The molecule has 13 heteroatoms. The first-order chi connectivity index (χ1) is 20.9. The average Bonchev–Trinajstić information content (AvgIpc) is 2.97. The minimum absolute atomic E-state index is 0.0424. The maximum atomic E-state index is 14.4. The van der Waals surface area contributed by atoms with Crippen molar-refractivity contribution in [1.82, 2.24) is 9.88 Å². The molecule has 44 heavy (non-hydrogen) atoms. The molecule has 3 rings (SSSR count). The summed E-state index contributed by atoms with van der Waals surface area (Å²) in [5.41, 5.74) is -0.460. The van der Waals surface area contributed by atoms with E-state index in [1.54, 1.807) is 0 Å². The summed E-state index contributed by atoms with van der Waals surface area (Å²) in [7, 11) is 0.561. The Balaban J connectivity index is 2.13. The number of aromatic nitrogens is 1. The van der Waals surface area contributed by atoms with Crippen LogP contribution in [0, 0.1) is 13.8 Å². The van der Waals surface area contributed by atoms with Crippen LogP contribution in [0.4, 0.5) is 13.2 Å². The molecule has 0 saturated carbocycles. The first kappa shape index (κ1) is 35.5. The summed E-state index contributed by atoms with van der Waals surface area (Å²) in [5.74, 6) is -0.892. The quantitative estimate of drug-likeness (QED) is 0.126. The minimum atomic E-state index is -4.79. The van der Waals surface area contributed by atoms with Gasteiger partial charge in [-0.15, -0.1) is 0 Å². The number of ether oxygens (including phenoxy) is 3. The highest BCUT2D eigenvalue weighted by Crippen LogP contribution is 2.59. The lowest BCUT2D eigenvalue weighted by atomic mass is 9.93. The van der Waals surface area contributed by atoms with Crippen LogP contribution >= 0.6 is 7.94 Å². The molecule has 0 bridgehead atoms. The Morgan fingerprint density at radius 3 is 2.07 bits per heavy atom. The molecule has 0 aliphatic rings. The standard InChI is InChI=1S/C31H39F3N2O7P/c1-22-27(30(37)41-16-15-36(3)21-24-11-7-6-8-12-24)28(25-13-9-10-14-26(25)31(32,33)34)29(23(2)35-22)44(38,42-19-17-39-4)43-20-18-40-5/h6-14,38H,15-21H2,1-5H3/q+1. The molecular weight excluding hydrogens is 600 g/mol. The van der Waals surface area contributed by atoms with E-state index in [-0.39, 0.29) is 66.4 Å². The number of alkyl halides is 3. The van der Waals surface area contributed by atoms with Gasteiger partial charge in [0.15, 0.2) is 0 Å². The van der Waals surface area contributed by atoms with Gasteiger partial charge in [-0.2, -0.15) is 27.1 Å². The molecule has 240 valence electrons. The first-order valence-corrected chi connectivity index (χ1v) is 15.5. The average molecular weight is 640 g/mol. The number of methoxy groups -OCH3 is 2. The predicted octanol–water partition coefficient (Wildman–Crippen LogP) is 5.38. The van der Waals surface area contributed by atoms with Crippen molar-refractivity contribution in [3.8, 4) is 11.1 Å². The van der Waals surface area contributed by atoms with Crippen LogP contribution in [-0.4, -0.2) is 81.6 Å². The molecule has 0 saturated heterocycles. The van der Waals surface area contributed by atoms with Gasteiger partial charge < -0.3 is 14.2 Å². The van der Waals surface area contributed by atoms with Crippen LogP contribution in [-0.2, 0) is 36.0 Å². The SMILES string of the molecule is COCCO[P+](O)(OCCOC)c1c(C)nc(C)c(C(=O)OCCN(C)Cc2ccccc2)c1-c1ccccc1C(F)(F)F. The van der Waals surface area contributed by atoms with Gasteiger partial charge in [0.2, 0.25) is 5.30 Å². The molecule has 0 fully saturated rings. The van der Waals surface area contributed by atoms with Gasteiger partial charge >= 0.3 is 20.1 Å². The summed E-state index contributed by atoms with van der Waals surface area (Å²) < 4.78 is 70.4. The van der Waals surface area contributed by atoms with Gasteiger partial charge in [-0.05, 0) is 38.1 Å². The maximum Gasteiger partial charge on any atom is 0.448 e. The van der Waals surface area contributed by atoms with Crippen molar-refractivity contribution in [2.24, 2.45) is 0 Å². The zero-order valence-corrected chi connectivity index (χ0v) is 26.4. The molecule has 0 aliphatic carbocycles. The van der Waals surface area contributed by atoms with Crippen molar-refractivity contribution < 1.29 is 46.1 Å². The fourth-order valence-electron chi connectivity index (χ4n) is 4.64. The Bertz CT molecular complexity index is 1370. The molecule has 0 radical (unpaired) electrons. The van der Waals surface area contributed by atoms with E-state index in [9.17, 15) is 22.9 Å². The number of pyridine rings is 1. The highest BCUT2D eigenvalue weighted by molar-refractivity contribution is 7.69. The van der Waals surface area contributed by atoms with Crippen molar-refractivity contribution in [2.75, 3.05) is 60.8 Å². The van der Waals surface area contributed by atoms with E-state index in [1.165, 1.54) is 46.3 Å². The Labute approximate surface area is 256 Å². The smallest absolute Gasteiger partial charge is 0.448 e. The second-order valence-corrected chi connectivity index (χ2v) is 12.0. The maximum absolute atomic E-state index is 14.4. The summed E-state index contributed by atoms with van der Waals surface area (Å²) in [4.78, 5) is 32.0. The van der Waals surface area contributed by atoms with E-state index in [0.29, 0.717) is 13.1 Å². The van der Waals surface area contributed by atoms with E-state index in [4.69, 9.17) is 23.3 Å². The van der Waals surface area contributed by atoms with Crippen LogP contribution in [0.3, 0.4) is 0 Å². The van der Waals surface area contributed by atoms with E-state index in [1.807, 2.05) is 42.3 Å². The van der Waals surface area contributed by atoms with E-state index in [0.717, 1.165) is 11.6 Å². The number of halogens is 3.